The molecule has 0 spiro atoms. The summed E-state index contributed by atoms with van der Waals surface area (Å²) in [5.74, 6) is -0.0355. The van der Waals surface area contributed by atoms with Crippen LogP contribution >= 0.6 is 0 Å². The lowest BCUT2D eigenvalue weighted by Crippen LogP contribution is -2.48. The van der Waals surface area contributed by atoms with Gasteiger partial charge in [-0.05, 0) is 31.5 Å². The van der Waals surface area contributed by atoms with Crippen LogP contribution in [0.4, 0.5) is 0 Å². The molecule has 1 atom stereocenters. The molecule has 5 heteroatoms. The van der Waals surface area contributed by atoms with Crippen LogP contribution in [0.5, 0.6) is 0 Å². The summed E-state index contributed by atoms with van der Waals surface area (Å²) in [6.45, 7) is 3.65. The van der Waals surface area contributed by atoms with E-state index in [2.05, 4.69) is 15.2 Å². The average molecular weight is 263 g/mol. The van der Waals surface area contributed by atoms with E-state index in [0.29, 0.717) is 5.56 Å². The van der Waals surface area contributed by atoms with Gasteiger partial charge in [0.15, 0.2) is 0 Å². The minimum atomic E-state index is -0.0355. The van der Waals surface area contributed by atoms with Gasteiger partial charge in [0.25, 0.3) is 5.91 Å². The molecule has 1 aromatic rings. The van der Waals surface area contributed by atoms with E-state index in [-0.39, 0.29) is 11.9 Å². The largest absolute Gasteiger partial charge is 0.383 e. The van der Waals surface area contributed by atoms with Crippen LogP contribution in [0.1, 0.15) is 23.2 Å². The third-order valence-corrected chi connectivity index (χ3v) is 3.38. The third-order valence-electron chi connectivity index (χ3n) is 3.38. The number of hydrogen-bond donors (Lipinski definition) is 1. The van der Waals surface area contributed by atoms with Crippen molar-refractivity contribution >= 4 is 5.91 Å². The predicted octanol–water partition coefficient (Wildman–Crippen LogP) is 0.922. The van der Waals surface area contributed by atoms with Crippen molar-refractivity contribution in [3.8, 4) is 0 Å². The van der Waals surface area contributed by atoms with E-state index in [9.17, 15) is 4.79 Å². The van der Waals surface area contributed by atoms with Crippen molar-refractivity contribution in [3.05, 3.63) is 30.1 Å². The summed E-state index contributed by atoms with van der Waals surface area (Å²) in [6.07, 6.45) is 5.42. The molecule has 1 N–H and O–H groups in total. The molecule has 19 heavy (non-hydrogen) atoms. The molecule has 0 aromatic carbocycles. The molecule has 0 radical (unpaired) electrons. The fraction of sp³-hybridized carbons (Fsp3) is 0.571. The number of ether oxygens (including phenoxy) is 1. The lowest BCUT2D eigenvalue weighted by Gasteiger charge is -2.32. The van der Waals surface area contributed by atoms with Gasteiger partial charge >= 0.3 is 0 Å². The van der Waals surface area contributed by atoms with Crippen LogP contribution in [0.2, 0.25) is 0 Å². The van der Waals surface area contributed by atoms with Crippen LogP contribution in [0.25, 0.3) is 0 Å². The van der Waals surface area contributed by atoms with Crippen LogP contribution in [0.3, 0.4) is 0 Å². The van der Waals surface area contributed by atoms with Gasteiger partial charge in [0.05, 0.1) is 12.2 Å². The number of likely N-dealkylation sites (tertiary alicyclic amines) is 1. The Hall–Kier alpha value is -1.46. The molecule has 1 aromatic heterocycles. The fourth-order valence-electron chi connectivity index (χ4n) is 2.36. The number of piperidine rings is 1. The Balaban J connectivity index is 1.83. The maximum absolute atomic E-state index is 12.0. The van der Waals surface area contributed by atoms with E-state index >= 15 is 0 Å². The Bertz CT molecular complexity index is 397. The zero-order valence-electron chi connectivity index (χ0n) is 11.3. The van der Waals surface area contributed by atoms with Gasteiger partial charge in [0, 0.05) is 38.6 Å². The monoisotopic (exact) mass is 263 g/mol. The second kappa shape index (κ2) is 7.21. The highest BCUT2D eigenvalue weighted by atomic mass is 16.5. The number of pyridine rings is 1. The molecular formula is C14H21N3O2. The topological polar surface area (TPSA) is 54.5 Å². The third kappa shape index (κ3) is 4.29. The first kappa shape index (κ1) is 14.0. The van der Waals surface area contributed by atoms with Crippen molar-refractivity contribution < 1.29 is 9.53 Å². The van der Waals surface area contributed by atoms with Gasteiger partial charge in [-0.3, -0.25) is 14.7 Å². The number of aromatic nitrogens is 1. The molecule has 1 amide bonds. The van der Waals surface area contributed by atoms with Crippen LogP contribution < -0.4 is 5.32 Å². The van der Waals surface area contributed by atoms with Gasteiger partial charge in [-0.2, -0.15) is 0 Å². The first-order chi connectivity index (χ1) is 9.29. The first-order valence-electron chi connectivity index (χ1n) is 6.72. The quantitative estimate of drug-likeness (QED) is 0.858. The number of hydrogen-bond acceptors (Lipinski definition) is 4. The van der Waals surface area contributed by atoms with Gasteiger partial charge in [0.1, 0.15) is 0 Å². The molecule has 1 aliphatic heterocycles. The standard InChI is InChI=1S/C14H21N3O2/c1-19-9-8-17-7-3-5-13(11-17)16-14(18)12-4-2-6-15-10-12/h2,4,6,10,13H,3,5,7-9,11H2,1H3,(H,16,18)/t13-/m1/s1. The minimum absolute atomic E-state index is 0.0355. The molecular weight excluding hydrogens is 242 g/mol. The SMILES string of the molecule is COCCN1CCC[C@@H](NC(=O)c2cccnc2)C1. The molecule has 0 bridgehead atoms. The molecule has 2 heterocycles. The van der Waals surface area contributed by atoms with Crippen molar-refractivity contribution in [1.82, 2.24) is 15.2 Å². The highest BCUT2D eigenvalue weighted by Gasteiger charge is 2.21. The Morgan fingerprint density at radius 3 is 3.26 bits per heavy atom. The zero-order valence-corrected chi connectivity index (χ0v) is 11.3. The zero-order chi connectivity index (χ0) is 13.5. The molecule has 0 unspecified atom stereocenters. The van der Waals surface area contributed by atoms with Gasteiger partial charge in [-0.15, -0.1) is 0 Å². The molecule has 1 saturated heterocycles. The van der Waals surface area contributed by atoms with Crippen molar-refractivity contribution in [3.63, 3.8) is 0 Å². The maximum atomic E-state index is 12.0. The van der Waals surface area contributed by atoms with E-state index in [1.165, 1.54) is 0 Å². The fourth-order valence-corrected chi connectivity index (χ4v) is 2.36. The number of methoxy groups -OCH3 is 1. The summed E-state index contributed by atoms with van der Waals surface area (Å²) in [5, 5.41) is 3.08. The molecule has 2 rings (SSSR count). The highest BCUT2D eigenvalue weighted by Crippen LogP contribution is 2.10. The van der Waals surface area contributed by atoms with Crippen molar-refractivity contribution in [1.29, 1.82) is 0 Å². The second-order valence-electron chi connectivity index (χ2n) is 4.85. The van der Waals surface area contributed by atoms with Crippen molar-refractivity contribution in [2.45, 2.75) is 18.9 Å². The number of amides is 1. The van der Waals surface area contributed by atoms with E-state index in [1.54, 1.807) is 31.6 Å². The van der Waals surface area contributed by atoms with E-state index in [0.717, 1.165) is 39.1 Å². The molecule has 5 nitrogen and oxygen atoms in total. The van der Waals surface area contributed by atoms with Gasteiger partial charge < -0.3 is 10.1 Å². The Morgan fingerprint density at radius 2 is 2.53 bits per heavy atom. The lowest BCUT2D eigenvalue weighted by molar-refractivity contribution is 0.0878. The summed E-state index contributed by atoms with van der Waals surface area (Å²) < 4.78 is 5.09. The van der Waals surface area contributed by atoms with Crippen molar-refractivity contribution in [2.75, 3.05) is 33.4 Å². The van der Waals surface area contributed by atoms with Crippen LogP contribution in [-0.2, 0) is 4.74 Å². The molecule has 0 aliphatic carbocycles. The number of carbonyl (C=O) groups excluding carboxylic acids is 1. The number of carbonyl (C=O) groups is 1. The normalized spacial score (nSPS) is 20.2. The van der Waals surface area contributed by atoms with Crippen LogP contribution in [0.15, 0.2) is 24.5 Å². The first-order valence-corrected chi connectivity index (χ1v) is 6.72. The summed E-state index contributed by atoms with van der Waals surface area (Å²) in [5.41, 5.74) is 0.622. The van der Waals surface area contributed by atoms with E-state index in [1.807, 2.05) is 0 Å². The average Bonchev–Trinajstić information content (AvgIpc) is 2.46. The predicted molar refractivity (Wildman–Crippen MR) is 73.0 cm³/mol. The minimum Gasteiger partial charge on any atom is -0.383 e. The van der Waals surface area contributed by atoms with E-state index in [4.69, 9.17) is 4.74 Å². The van der Waals surface area contributed by atoms with Crippen molar-refractivity contribution in [2.24, 2.45) is 0 Å². The molecule has 104 valence electrons. The Kier molecular flexibility index (Phi) is 5.30. The van der Waals surface area contributed by atoms with Gasteiger partial charge in [-0.25, -0.2) is 0 Å². The smallest absolute Gasteiger partial charge is 0.253 e. The van der Waals surface area contributed by atoms with Crippen LogP contribution in [-0.4, -0.2) is 55.2 Å². The lowest BCUT2D eigenvalue weighted by atomic mass is 10.1. The summed E-state index contributed by atoms with van der Waals surface area (Å²) in [7, 11) is 1.71. The number of nitrogens with one attached hydrogen (secondary N) is 1. The maximum Gasteiger partial charge on any atom is 0.253 e. The van der Waals surface area contributed by atoms with E-state index < -0.39 is 0 Å². The molecule has 1 fully saturated rings. The summed E-state index contributed by atoms with van der Waals surface area (Å²) in [4.78, 5) is 18.3. The summed E-state index contributed by atoms with van der Waals surface area (Å²) in [6, 6.07) is 3.78. The number of nitrogens with zero attached hydrogens (tertiary/aromatic N) is 2. The second-order valence-corrected chi connectivity index (χ2v) is 4.85. The molecule has 1 aliphatic rings. The van der Waals surface area contributed by atoms with Crippen LogP contribution in [0, 0.1) is 0 Å². The van der Waals surface area contributed by atoms with Gasteiger partial charge in [0.2, 0.25) is 0 Å². The molecule has 0 saturated carbocycles. The van der Waals surface area contributed by atoms with Gasteiger partial charge in [-0.1, -0.05) is 0 Å². The Labute approximate surface area is 114 Å². The highest BCUT2D eigenvalue weighted by molar-refractivity contribution is 5.94. The number of rotatable bonds is 5. The summed E-state index contributed by atoms with van der Waals surface area (Å²) >= 11 is 0. The Morgan fingerprint density at radius 1 is 1.63 bits per heavy atom.